The number of urea groups is 1. The number of benzene rings is 1. The Labute approximate surface area is 139 Å². The molecule has 0 saturated heterocycles. The van der Waals surface area contributed by atoms with Gasteiger partial charge in [0.15, 0.2) is 0 Å². The van der Waals surface area contributed by atoms with E-state index in [1.807, 2.05) is 37.3 Å². The van der Waals surface area contributed by atoms with E-state index in [0.29, 0.717) is 12.4 Å². The van der Waals surface area contributed by atoms with Crippen molar-refractivity contribution in [3.8, 4) is 16.9 Å². The minimum Gasteiger partial charge on any atom is -0.496 e. The summed E-state index contributed by atoms with van der Waals surface area (Å²) in [5.74, 6) is 1.22. The van der Waals surface area contributed by atoms with Crippen molar-refractivity contribution in [2.45, 2.75) is 6.92 Å². The van der Waals surface area contributed by atoms with E-state index in [9.17, 15) is 4.79 Å². The number of amides is 2. The third kappa shape index (κ3) is 3.12. The van der Waals surface area contributed by atoms with E-state index in [2.05, 4.69) is 20.6 Å². The van der Waals surface area contributed by atoms with Crippen LogP contribution >= 0.6 is 0 Å². The molecule has 2 amide bonds. The number of rotatable bonds is 4. The molecular formula is C18H18N4O2. The van der Waals surface area contributed by atoms with Crippen molar-refractivity contribution >= 4 is 22.6 Å². The molecule has 24 heavy (non-hydrogen) atoms. The second-order valence-electron chi connectivity index (χ2n) is 5.15. The number of pyridine rings is 2. The van der Waals surface area contributed by atoms with E-state index >= 15 is 0 Å². The summed E-state index contributed by atoms with van der Waals surface area (Å²) in [6, 6.07) is 9.36. The van der Waals surface area contributed by atoms with Gasteiger partial charge in [-0.3, -0.25) is 10.3 Å². The fourth-order valence-corrected chi connectivity index (χ4v) is 2.56. The normalized spacial score (nSPS) is 10.4. The zero-order valence-electron chi connectivity index (χ0n) is 13.5. The maximum absolute atomic E-state index is 11.7. The number of anilines is 1. The van der Waals surface area contributed by atoms with Crippen molar-refractivity contribution in [2.75, 3.05) is 19.0 Å². The first-order valence-corrected chi connectivity index (χ1v) is 7.65. The number of aromatic nitrogens is 2. The summed E-state index contributed by atoms with van der Waals surface area (Å²) < 4.78 is 5.43. The van der Waals surface area contributed by atoms with Crippen LogP contribution in [0.2, 0.25) is 0 Å². The highest BCUT2D eigenvalue weighted by Gasteiger charge is 2.11. The summed E-state index contributed by atoms with van der Waals surface area (Å²) in [7, 11) is 1.63. The summed E-state index contributed by atoms with van der Waals surface area (Å²) >= 11 is 0. The molecule has 0 spiro atoms. The highest BCUT2D eigenvalue weighted by atomic mass is 16.5. The van der Waals surface area contributed by atoms with Crippen LogP contribution in [0.15, 0.2) is 48.9 Å². The van der Waals surface area contributed by atoms with E-state index < -0.39 is 0 Å². The highest BCUT2D eigenvalue weighted by Crippen LogP contribution is 2.34. The smallest absolute Gasteiger partial charge is 0.320 e. The van der Waals surface area contributed by atoms with Crippen molar-refractivity contribution in [3.63, 3.8) is 0 Å². The van der Waals surface area contributed by atoms with Crippen LogP contribution in [0.1, 0.15) is 6.92 Å². The molecule has 0 unspecified atom stereocenters. The van der Waals surface area contributed by atoms with Crippen molar-refractivity contribution in [1.82, 2.24) is 15.3 Å². The van der Waals surface area contributed by atoms with Gasteiger partial charge < -0.3 is 10.1 Å². The van der Waals surface area contributed by atoms with Gasteiger partial charge in [0.25, 0.3) is 0 Å². The molecule has 0 aliphatic heterocycles. The molecule has 3 rings (SSSR count). The number of carbonyl (C=O) groups is 1. The number of hydrogen-bond acceptors (Lipinski definition) is 4. The van der Waals surface area contributed by atoms with Gasteiger partial charge in [0, 0.05) is 30.5 Å². The van der Waals surface area contributed by atoms with Gasteiger partial charge in [-0.2, -0.15) is 0 Å². The Hall–Kier alpha value is -3.15. The van der Waals surface area contributed by atoms with Crippen molar-refractivity contribution in [3.05, 3.63) is 48.9 Å². The lowest BCUT2D eigenvalue weighted by Crippen LogP contribution is -2.28. The molecule has 0 atom stereocenters. The van der Waals surface area contributed by atoms with Crippen molar-refractivity contribution in [2.24, 2.45) is 0 Å². The lowest BCUT2D eigenvalue weighted by Gasteiger charge is -2.12. The van der Waals surface area contributed by atoms with Gasteiger partial charge >= 0.3 is 6.03 Å². The van der Waals surface area contributed by atoms with Gasteiger partial charge in [-0.1, -0.05) is 6.07 Å². The third-order valence-corrected chi connectivity index (χ3v) is 3.65. The number of nitrogens with zero attached hydrogens (tertiary/aromatic N) is 2. The first kappa shape index (κ1) is 15.7. The molecule has 0 fully saturated rings. The van der Waals surface area contributed by atoms with Crippen LogP contribution in [0.5, 0.6) is 5.75 Å². The molecule has 122 valence electrons. The van der Waals surface area contributed by atoms with Gasteiger partial charge in [0.2, 0.25) is 0 Å². The fourth-order valence-electron chi connectivity index (χ4n) is 2.56. The predicted molar refractivity (Wildman–Crippen MR) is 94.2 cm³/mol. The predicted octanol–water partition coefficient (Wildman–Crippen LogP) is 3.45. The first-order chi connectivity index (χ1) is 11.7. The van der Waals surface area contributed by atoms with Crippen LogP contribution in [0.25, 0.3) is 21.9 Å². The topological polar surface area (TPSA) is 76.1 Å². The lowest BCUT2D eigenvalue weighted by atomic mass is 9.99. The summed E-state index contributed by atoms with van der Waals surface area (Å²) in [5.41, 5.74) is 2.06. The number of fused-ring (bicyclic) bond motifs is 1. The minimum atomic E-state index is -0.280. The Balaban J connectivity index is 2.12. The van der Waals surface area contributed by atoms with Crippen molar-refractivity contribution < 1.29 is 9.53 Å². The maximum Gasteiger partial charge on any atom is 0.320 e. The van der Waals surface area contributed by atoms with Crippen LogP contribution in [0, 0.1) is 0 Å². The van der Waals surface area contributed by atoms with E-state index in [4.69, 9.17) is 4.74 Å². The molecule has 2 aromatic heterocycles. The first-order valence-electron chi connectivity index (χ1n) is 7.65. The van der Waals surface area contributed by atoms with E-state index in [1.165, 1.54) is 0 Å². The Morgan fingerprint density at radius 2 is 1.96 bits per heavy atom. The molecule has 2 N–H and O–H groups in total. The summed E-state index contributed by atoms with van der Waals surface area (Å²) in [6.45, 7) is 2.41. The van der Waals surface area contributed by atoms with Gasteiger partial charge in [0.1, 0.15) is 11.6 Å². The Bertz CT molecular complexity index is 866. The number of hydrogen-bond donors (Lipinski definition) is 2. The maximum atomic E-state index is 11.7. The van der Waals surface area contributed by atoms with Gasteiger partial charge in [-0.25, -0.2) is 9.78 Å². The second kappa shape index (κ2) is 6.95. The number of ether oxygens (including phenoxy) is 1. The molecule has 3 aromatic rings. The highest BCUT2D eigenvalue weighted by molar-refractivity contribution is 6.02. The van der Waals surface area contributed by atoms with Crippen LogP contribution in [-0.2, 0) is 0 Å². The average molecular weight is 322 g/mol. The van der Waals surface area contributed by atoms with Crippen LogP contribution < -0.4 is 15.4 Å². The van der Waals surface area contributed by atoms with Gasteiger partial charge in [0.05, 0.1) is 7.11 Å². The molecule has 0 aliphatic carbocycles. The number of nitrogens with one attached hydrogen (secondary N) is 2. The molecular weight excluding hydrogens is 304 g/mol. The average Bonchev–Trinajstić information content (AvgIpc) is 2.61. The van der Waals surface area contributed by atoms with Gasteiger partial charge in [-0.05, 0) is 47.7 Å². The zero-order chi connectivity index (χ0) is 16.9. The Morgan fingerprint density at radius 1 is 1.17 bits per heavy atom. The third-order valence-electron chi connectivity index (χ3n) is 3.65. The van der Waals surface area contributed by atoms with Crippen LogP contribution in [0.4, 0.5) is 10.6 Å². The van der Waals surface area contributed by atoms with Gasteiger partial charge in [-0.15, -0.1) is 0 Å². The molecule has 0 aliphatic rings. The summed E-state index contributed by atoms with van der Waals surface area (Å²) in [6.07, 6.45) is 5.21. The van der Waals surface area contributed by atoms with Crippen LogP contribution in [0.3, 0.4) is 0 Å². The van der Waals surface area contributed by atoms with E-state index in [1.54, 1.807) is 25.7 Å². The molecule has 1 aromatic carbocycles. The quantitative estimate of drug-likeness (QED) is 0.771. The number of carbonyl (C=O) groups excluding carboxylic acids is 1. The molecule has 6 heteroatoms. The van der Waals surface area contributed by atoms with E-state index in [0.717, 1.165) is 27.6 Å². The SMILES string of the molecule is CCNC(=O)Nc1cc2c(-c3ccncc3)ccc(OC)c2cn1. The molecule has 0 radical (unpaired) electrons. The number of methoxy groups -OCH3 is 1. The summed E-state index contributed by atoms with van der Waals surface area (Å²) in [4.78, 5) is 20.1. The largest absolute Gasteiger partial charge is 0.496 e. The standard InChI is InChI=1S/C18H18N4O2/c1-3-20-18(23)22-17-10-14-13(12-6-8-19-9-7-12)4-5-16(24-2)15(14)11-21-17/h4-11H,3H2,1-2H3,(H2,20,21,22,23). The second-order valence-corrected chi connectivity index (χ2v) is 5.15. The molecule has 2 heterocycles. The minimum absolute atomic E-state index is 0.280. The lowest BCUT2D eigenvalue weighted by molar-refractivity contribution is 0.252. The Kier molecular flexibility index (Phi) is 4.56. The van der Waals surface area contributed by atoms with E-state index in [-0.39, 0.29) is 6.03 Å². The zero-order valence-corrected chi connectivity index (χ0v) is 13.5. The van der Waals surface area contributed by atoms with Crippen molar-refractivity contribution in [1.29, 1.82) is 0 Å². The molecule has 6 nitrogen and oxygen atoms in total. The monoisotopic (exact) mass is 322 g/mol. The fraction of sp³-hybridized carbons (Fsp3) is 0.167. The molecule has 0 bridgehead atoms. The summed E-state index contributed by atoms with van der Waals surface area (Å²) in [5, 5.41) is 7.25. The molecule has 0 saturated carbocycles. The Morgan fingerprint density at radius 3 is 2.67 bits per heavy atom. The van der Waals surface area contributed by atoms with Crippen LogP contribution in [-0.4, -0.2) is 29.7 Å².